The first-order valence-corrected chi connectivity index (χ1v) is 10.8. The van der Waals surface area contributed by atoms with E-state index in [9.17, 15) is 4.79 Å². The first-order chi connectivity index (χ1) is 14.7. The topological polar surface area (TPSA) is 71.5 Å². The van der Waals surface area contributed by atoms with Gasteiger partial charge in [-0.05, 0) is 36.4 Å². The zero-order valence-corrected chi connectivity index (χ0v) is 17.6. The van der Waals surface area contributed by atoms with Crippen LogP contribution in [0.1, 0.15) is 0 Å². The number of halogens is 1. The number of rotatable bonds is 4. The van der Waals surface area contributed by atoms with E-state index in [1.807, 2.05) is 29.2 Å². The Bertz CT molecular complexity index is 1190. The number of hydrogen-bond donors (Lipinski definition) is 0. The quantitative estimate of drug-likeness (QED) is 0.483. The van der Waals surface area contributed by atoms with E-state index in [2.05, 4.69) is 19.9 Å². The van der Waals surface area contributed by atoms with E-state index >= 15 is 0 Å². The average Bonchev–Trinajstić information content (AvgIpc) is 3.23. The number of carbonyl (C=O) groups is 1. The fourth-order valence-corrected chi connectivity index (χ4v) is 4.68. The Labute approximate surface area is 181 Å². The highest BCUT2D eigenvalue weighted by molar-refractivity contribution is 7.21. The van der Waals surface area contributed by atoms with Crippen LogP contribution in [0.25, 0.3) is 21.3 Å². The largest absolute Gasteiger partial charge is 0.481 e. The van der Waals surface area contributed by atoms with Crippen molar-refractivity contribution in [2.24, 2.45) is 0 Å². The van der Waals surface area contributed by atoms with Gasteiger partial charge >= 0.3 is 0 Å². The average molecular weight is 440 g/mol. The Morgan fingerprint density at radius 1 is 1.07 bits per heavy atom. The van der Waals surface area contributed by atoms with E-state index in [-0.39, 0.29) is 12.5 Å². The number of amides is 1. The van der Waals surface area contributed by atoms with E-state index in [0.717, 1.165) is 34.0 Å². The van der Waals surface area contributed by atoms with E-state index in [4.69, 9.17) is 16.3 Å². The monoisotopic (exact) mass is 439 g/mol. The molecule has 0 N–H and O–H groups in total. The Balaban J connectivity index is 1.21. The van der Waals surface area contributed by atoms with Gasteiger partial charge < -0.3 is 14.5 Å². The second-order valence-electron chi connectivity index (χ2n) is 6.93. The van der Waals surface area contributed by atoms with Crippen molar-refractivity contribution in [2.45, 2.75) is 0 Å². The summed E-state index contributed by atoms with van der Waals surface area (Å²) in [6, 6.07) is 11.1. The molecule has 0 atom stereocenters. The molecule has 0 radical (unpaired) electrons. The molecule has 0 saturated carbocycles. The second kappa shape index (κ2) is 8.04. The van der Waals surface area contributed by atoms with Crippen molar-refractivity contribution in [1.29, 1.82) is 0 Å². The van der Waals surface area contributed by atoms with Crippen LogP contribution in [0.4, 0.5) is 5.13 Å². The lowest BCUT2D eigenvalue weighted by Gasteiger charge is -2.34. The summed E-state index contributed by atoms with van der Waals surface area (Å²) in [7, 11) is 0. The van der Waals surface area contributed by atoms with Crippen molar-refractivity contribution in [3.05, 3.63) is 53.8 Å². The van der Waals surface area contributed by atoms with E-state index in [1.165, 1.54) is 0 Å². The van der Waals surface area contributed by atoms with Crippen molar-refractivity contribution in [1.82, 2.24) is 19.9 Å². The fraction of sp³-hybridized carbons (Fsp3) is 0.238. The van der Waals surface area contributed by atoms with Crippen molar-refractivity contribution < 1.29 is 9.53 Å². The third-order valence-electron chi connectivity index (χ3n) is 5.09. The van der Waals surface area contributed by atoms with E-state index in [1.54, 1.807) is 35.9 Å². The number of ether oxygens (including phenoxy) is 1. The van der Waals surface area contributed by atoms with Crippen molar-refractivity contribution in [3.8, 4) is 5.75 Å². The van der Waals surface area contributed by atoms with Gasteiger partial charge in [-0.25, -0.2) is 9.97 Å². The smallest absolute Gasteiger partial charge is 0.260 e. The third kappa shape index (κ3) is 3.64. The van der Waals surface area contributed by atoms with Gasteiger partial charge in [-0.3, -0.25) is 9.78 Å². The molecule has 1 aromatic carbocycles. The number of anilines is 1. The van der Waals surface area contributed by atoms with E-state index in [0.29, 0.717) is 29.4 Å². The van der Waals surface area contributed by atoms with Crippen LogP contribution in [-0.2, 0) is 4.79 Å². The number of piperazine rings is 1. The molecule has 5 rings (SSSR count). The minimum atomic E-state index is -0.0420. The summed E-state index contributed by atoms with van der Waals surface area (Å²) in [4.78, 5) is 31.0. The van der Waals surface area contributed by atoms with Gasteiger partial charge in [-0.2, -0.15) is 0 Å². The molecule has 0 spiro atoms. The maximum Gasteiger partial charge on any atom is 0.260 e. The first kappa shape index (κ1) is 19.0. The van der Waals surface area contributed by atoms with Gasteiger partial charge in [-0.1, -0.05) is 22.9 Å². The highest BCUT2D eigenvalue weighted by Crippen LogP contribution is 2.30. The molecule has 1 amide bonds. The summed E-state index contributed by atoms with van der Waals surface area (Å²) in [5.74, 6) is 0.517. The summed E-state index contributed by atoms with van der Waals surface area (Å²) in [5.41, 5.74) is 1.57. The van der Waals surface area contributed by atoms with Crippen molar-refractivity contribution in [3.63, 3.8) is 0 Å². The molecule has 4 aromatic rings. The molecule has 4 heterocycles. The first-order valence-electron chi connectivity index (χ1n) is 9.59. The molecule has 9 heteroatoms. The zero-order valence-electron chi connectivity index (χ0n) is 16.0. The minimum Gasteiger partial charge on any atom is -0.481 e. The lowest BCUT2D eigenvalue weighted by molar-refractivity contribution is -0.133. The highest BCUT2D eigenvalue weighted by Gasteiger charge is 2.23. The lowest BCUT2D eigenvalue weighted by atomic mass is 10.2. The SMILES string of the molecule is O=C(COc1ccc(Cl)c2cccnc12)N1CCN(c2nc3cccnc3s2)CC1. The molecule has 0 unspecified atom stereocenters. The summed E-state index contributed by atoms with van der Waals surface area (Å²) in [6.07, 6.45) is 3.46. The lowest BCUT2D eigenvalue weighted by Crippen LogP contribution is -2.50. The maximum absolute atomic E-state index is 12.7. The summed E-state index contributed by atoms with van der Waals surface area (Å²) < 4.78 is 5.80. The molecule has 30 heavy (non-hydrogen) atoms. The Morgan fingerprint density at radius 2 is 1.87 bits per heavy atom. The molecule has 1 saturated heterocycles. The third-order valence-corrected chi connectivity index (χ3v) is 6.46. The normalized spacial score (nSPS) is 14.4. The predicted octanol–water partition coefficient (Wildman–Crippen LogP) is 3.62. The Kier molecular flexibility index (Phi) is 5.10. The van der Waals surface area contributed by atoms with Gasteiger partial charge in [0, 0.05) is 44.0 Å². The molecule has 7 nitrogen and oxygen atoms in total. The van der Waals surface area contributed by atoms with Crippen LogP contribution < -0.4 is 9.64 Å². The van der Waals surface area contributed by atoms with Crippen LogP contribution >= 0.6 is 22.9 Å². The maximum atomic E-state index is 12.7. The standard InChI is InChI=1S/C21H18ClN5O2S/c22-15-5-6-17(19-14(15)3-1-7-23-19)29-13-18(28)26-9-11-27(12-10-26)21-25-16-4-2-8-24-20(16)30-21/h1-8H,9-13H2. The number of nitrogens with zero attached hydrogens (tertiary/aromatic N) is 5. The van der Waals surface area contributed by atoms with Crippen LogP contribution in [0.15, 0.2) is 48.8 Å². The molecule has 3 aromatic heterocycles. The molecular formula is C21H18ClN5O2S. The van der Waals surface area contributed by atoms with Crippen LogP contribution in [-0.4, -0.2) is 58.5 Å². The molecule has 0 bridgehead atoms. The molecule has 1 aliphatic rings. The molecule has 1 aliphatic heterocycles. The number of carbonyl (C=O) groups excluding carboxylic acids is 1. The van der Waals surface area contributed by atoms with Gasteiger partial charge in [0.25, 0.3) is 5.91 Å². The van der Waals surface area contributed by atoms with Gasteiger partial charge in [-0.15, -0.1) is 0 Å². The second-order valence-corrected chi connectivity index (χ2v) is 8.29. The van der Waals surface area contributed by atoms with Gasteiger partial charge in [0.05, 0.1) is 5.02 Å². The fourth-order valence-electron chi connectivity index (χ4n) is 3.50. The number of benzene rings is 1. The predicted molar refractivity (Wildman–Crippen MR) is 118 cm³/mol. The zero-order chi connectivity index (χ0) is 20.5. The van der Waals surface area contributed by atoms with Crippen LogP contribution in [0.2, 0.25) is 5.02 Å². The minimum absolute atomic E-state index is 0.0294. The molecule has 152 valence electrons. The Morgan fingerprint density at radius 3 is 2.70 bits per heavy atom. The van der Waals surface area contributed by atoms with Gasteiger partial charge in [0.1, 0.15) is 21.6 Å². The number of aromatic nitrogens is 3. The summed E-state index contributed by atoms with van der Waals surface area (Å²) in [6.45, 7) is 2.70. The molecule has 0 aliphatic carbocycles. The number of fused-ring (bicyclic) bond motifs is 2. The van der Waals surface area contributed by atoms with E-state index < -0.39 is 0 Å². The molecular weight excluding hydrogens is 422 g/mol. The number of thiazole rings is 1. The van der Waals surface area contributed by atoms with Gasteiger partial charge in [0.15, 0.2) is 11.7 Å². The van der Waals surface area contributed by atoms with Crippen molar-refractivity contribution in [2.75, 3.05) is 37.7 Å². The van der Waals surface area contributed by atoms with Gasteiger partial charge in [0.2, 0.25) is 0 Å². The Hall–Kier alpha value is -2.97. The number of hydrogen-bond acceptors (Lipinski definition) is 7. The number of pyridine rings is 2. The molecule has 1 fully saturated rings. The van der Waals surface area contributed by atoms with Crippen molar-refractivity contribution >= 4 is 55.2 Å². The van der Waals surface area contributed by atoms with Crippen LogP contribution in [0.3, 0.4) is 0 Å². The van der Waals surface area contributed by atoms with Crippen LogP contribution in [0.5, 0.6) is 5.75 Å². The summed E-state index contributed by atoms with van der Waals surface area (Å²) in [5, 5.41) is 2.37. The highest BCUT2D eigenvalue weighted by atomic mass is 35.5. The van der Waals surface area contributed by atoms with Crippen LogP contribution in [0, 0.1) is 0 Å². The summed E-state index contributed by atoms with van der Waals surface area (Å²) >= 11 is 7.80.